The molecule has 3 nitrogen and oxygen atoms in total. The summed E-state index contributed by atoms with van der Waals surface area (Å²) in [6.45, 7) is 8.50. The van der Waals surface area contributed by atoms with Crippen LogP contribution in [0.15, 0.2) is 0 Å². The van der Waals surface area contributed by atoms with E-state index in [1.807, 2.05) is 0 Å². The molecule has 0 spiro atoms. The highest BCUT2D eigenvalue weighted by Crippen LogP contribution is 2.21. The molecule has 0 aliphatic carbocycles. The van der Waals surface area contributed by atoms with Gasteiger partial charge in [0.05, 0.1) is 0 Å². The lowest BCUT2D eigenvalue weighted by molar-refractivity contribution is 0.0702. The Balaban J connectivity index is 1.89. The van der Waals surface area contributed by atoms with Crippen LogP contribution in [0.2, 0.25) is 0 Å². The summed E-state index contributed by atoms with van der Waals surface area (Å²) in [6.07, 6.45) is 4.20. The molecule has 1 N–H and O–H groups in total. The van der Waals surface area contributed by atoms with Crippen LogP contribution < -0.4 is 5.32 Å². The molecular weight excluding hydrogens is 186 g/mol. The van der Waals surface area contributed by atoms with Crippen molar-refractivity contribution >= 4 is 0 Å². The van der Waals surface area contributed by atoms with Gasteiger partial charge >= 0.3 is 0 Å². The van der Waals surface area contributed by atoms with Crippen LogP contribution in [0, 0.1) is 0 Å². The summed E-state index contributed by atoms with van der Waals surface area (Å²) in [6, 6.07) is 1.52. The predicted molar refractivity (Wildman–Crippen MR) is 64.2 cm³/mol. The lowest BCUT2D eigenvalue weighted by Crippen LogP contribution is -2.55. The maximum Gasteiger partial charge on any atom is 0.0245 e. The summed E-state index contributed by atoms with van der Waals surface area (Å²) in [5.74, 6) is 0. The lowest BCUT2D eigenvalue weighted by atomic mass is 9.96. The highest BCUT2D eigenvalue weighted by atomic mass is 15.3. The molecule has 0 aromatic heterocycles. The van der Waals surface area contributed by atoms with Gasteiger partial charge < -0.3 is 10.2 Å². The molecular formula is C12H25N3. The van der Waals surface area contributed by atoms with Crippen LogP contribution >= 0.6 is 0 Å². The number of likely N-dealkylation sites (N-methyl/N-ethyl adjacent to an activating group) is 1. The van der Waals surface area contributed by atoms with E-state index in [0.717, 1.165) is 12.1 Å². The summed E-state index contributed by atoms with van der Waals surface area (Å²) in [5, 5.41) is 3.43. The molecule has 3 heteroatoms. The second-order valence-corrected chi connectivity index (χ2v) is 5.07. The summed E-state index contributed by atoms with van der Waals surface area (Å²) < 4.78 is 0. The molecule has 2 atom stereocenters. The molecule has 2 saturated heterocycles. The molecule has 0 aromatic rings. The zero-order valence-electron chi connectivity index (χ0n) is 10.2. The van der Waals surface area contributed by atoms with E-state index in [0.29, 0.717) is 0 Å². The Morgan fingerprint density at radius 2 is 1.87 bits per heavy atom. The van der Waals surface area contributed by atoms with E-state index in [-0.39, 0.29) is 0 Å². The number of nitrogens with one attached hydrogen (secondary N) is 1. The van der Waals surface area contributed by atoms with E-state index in [2.05, 4.69) is 29.1 Å². The number of piperidine rings is 1. The maximum atomic E-state index is 3.43. The standard InChI is InChI=1S/C12H25N3/c1-11(15-9-6-13-7-10-15)12-5-3-4-8-14(12)2/h11-13H,3-10H2,1-2H3. The number of rotatable bonds is 2. The molecule has 0 saturated carbocycles. The van der Waals surface area contributed by atoms with Crippen molar-refractivity contribution in [2.45, 2.75) is 38.3 Å². The highest BCUT2D eigenvalue weighted by molar-refractivity contribution is 4.86. The van der Waals surface area contributed by atoms with Crippen molar-refractivity contribution in [1.29, 1.82) is 0 Å². The number of hydrogen-bond acceptors (Lipinski definition) is 3. The molecule has 0 radical (unpaired) electrons. The summed E-state index contributed by atoms with van der Waals surface area (Å²) in [4.78, 5) is 5.22. The Morgan fingerprint density at radius 1 is 1.13 bits per heavy atom. The molecule has 0 aromatic carbocycles. The predicted octanol–water partition coefficient (Wildman–Crippen LogP) is 0.764. The number of hydrogen-bond donors (Lipinski definition) is 1. The Morgan fingerprint density at radius 3 is 2.53 bits per heavy atom. The van der Waals surface area contributed by atoms with Gasteiger partial charge in [-0.2, -0.15) is 0 Å². The molecule has 2 fully saturated rings. The lowest BCUT2D eigenvalue weighted by Gasteiger charge is -2.43. The van der Waals surface area contributed by atoms with E-state index in [9.17, 15) is 0 Å². The third-order valence-electron chi connectivity index (χ3n) is 4.11. The minimum absolute atomic E-state index is 0.734. The smallest absolute Gasteiger partial charge is 0.0245 e. The fraction of sp³-hybridized carbons (Fsp3) is 1.00. The second-order valence-electron chi connectivity index (χ2n) is 5.07. The molecule has 2 unspecified atom stereocenters. The third kappa shape index (κ3) is 2.71. The number of piperazine rings is 1. The Bertz CT molecular complexity index is 189. The largest absolute Gasteiger partial charge is 0.314 e. The fourth-order valence-electron chi connectivity index (χ4n) is 3.04. The van der Waals surface area contributed by atoms with Crippen molar-refractivity contribution in [2.24, 2.45) is 0 Å². The van der Waals surface area contributed by atoms with Crippen molar-refractivity contribution in [2.75, 3.05) is 39.8 Å². The molecule has 2 rings (SSSR count). The monoisotopic (exact) mass is 211 g/mol. The number of nitrogens with zero attached hydrogens (tertiary/aromatic N) is 2. The van der Waals surface area contributed by atoms with Gasteiger partial charge in [0.1, 0.15) is 0 Å². The highest BCUT2D eigenvalue weighted by Gasteiger charge is 2.28. The van der Waals surface area contributed by atoms with Gasteiger partial charge in [-0.15, -0.1) is 0 Å². The van der Waals surface area contributed by atoms with Crippen LogP contribution in [-0.2, 0) is 0 Å². The van der Waals surface area contributed by atoms with Gasteiger partial charge in [-0.05, 0) is 33.4 Å². The summed E-state index contributed by atoms with van der Waals surface area (Å²) >= 11 is 0. The van der Waals surface area contributed by atoms with Gasteiger partial charge in [0.25, 0.3) is 0 Å². The van der Waals surface area contributed by atoms with Crippen LogP contribution in [-0.4, -0.2) is 61.7 Å². The van der Waals surface area contributed by atoms with Gasteiger partial charge in [0.15, 0.2) is 0 Å². The average molecular weight is 211 g/mol. The van der Waals surface area contributed by atoms with Gasteiger partial charge in [-0.25, -0.2) is 0 Å². The SMILES string of the molecule is CC(C1CCCCN1C)N1CCNCC1. The zero-order chi connectivity index (χ0) is 10.7. The van der Waals surface area contributed by atoms with Gasteiger partial charge in [0, 0.05) is 38.3 Å². The minimum atomic E-state index is 0.734. The van der Waals surface area contributed by atoms with Gasteiger partial charge in [-0.3, -0.25) is 4.90 Å². The van der Waals surface area contributed by atoms with Crippen molar-refractivity contribution < 1.29 is 0 Å². The first-order valence-electron chi connectivity index (χ1n) is 6.44. The van der Waals surface area contributed by atoms with Crippen LogP contribution in [0.5, 0.6) is 0 Å². The molecule has 2 heterocycles. The van der Waals surface area contributed by atoms with E-state index in [4.69, 9.17) is 0 Å². The van der Waals surface area contributed by atoms with Crippen LogP contribution in [0.25, 0.3) is 0 Å². The van der Waals surface area contributed by atoms with E-state index < -0.39 is 0 Å². The quantitative estimate of drug-likeness (QED) is 0.728. The summed E-state index contributed by atoms with van der Waals surface area (Å²) in [7, 11) is 2.29. The van der Waals surface area contributed by atoms with Crippen molar-refractivity contribution in [1.82, 2.24) is 15.1 Å². The summed E-state index contributed by atoms with van der Waals surface area (Å²) in [5.41, 5.74) is 0. The first kappa shape index (κ1) is 11.4. The topological polar surface area (TPSA) is 18.5 Å². The first-order valence-corrected chi connectivity index (χ1v) is 6.44. The van der Waals surface area contributed by atoms with E-state index >= 15 is 0 Å². The normalized spacial score (nSPS) is 32.8. The van der Waals surface area contributed by atoms with Crippen molar-refractivity contribution in [3.8, 4) is 0 Å². The molecule has 2 aliphatic rings. The Labute approximate surface area is 93.8 Å². The minimum Gasteiger partial charge on any atom is -0.314 e. The van der Waals surface area contributed by atoms with Gasteiger partial charge in [-0.1, -0.05) is 6.42 Å². The van der Waals surface area contributed by atoms with Crippen LogP contribution in [0.3, 0.4) is 0 Å². The zero-order valence-corrected chi connectivity index (χ0v) is 10.2. The van der Waals surface area contributed by atoms with Crippen molar-refractivity contribution in [3.63, 3.8) is 0 Å². The maximum absolute atomic E-state index is 3.43. The van der Waals surface area contributed by atoms with Crippen molar-refractivity contribution in [3.05, 3.63) is 0 Å². The van der Waals surface area contributed by atoms with Gasteiger partial charge in [0.2, 0.25) is 0 Å². The first-order chi connectivity index (χ1) is 7.29. The number of likely N-dealkylation sites (tertiary alicyclic amines) is 1. The molecule has 88 valence electrons. The molecule has 2 aliphatic heterocycles. The third-order valence-corrected chi connectivity index (χ3v) is 4.11. The molecule has 0 bridgehead atoms. The van der Waals surface area contributed by atoms with Crippen LogP contribution in [0.1, 0.15) is 26.2 Å². The second kappa shape index (κ2) is 5.28. The molecule has 15 heavy (non-hydrogen) atoms. The Hall–Kier alpha value is -0.120. The average Bonchev–Trinajstić information content (AvgIpc) is 2.30. The molecule has 0 amide bonds. The van der Waals surface area contributed by atoms with Crippen LogP contribution in [0.4, 0.5) is 0 Å². The Kier molecular flexibility index (Phi) is 4.00. The van der Waals surface area contributed by atoms with E-state index in [1.54, 1.807) is 0 Å². The fourth-order valence-corrected chi connectivity index (χ4v) is 3.04. The van der Waals surface area contributed by atoms with E-state index in [1.165, 1.54) is 52.0 Å².